The van der Waals surface area contributed by atoms with Crippen molar-refractivity contribution in [3.05, 3.63) is 72.2 Å². The first-order chi connectivity index (χ1) is 11.8. The van der Waals surface area contributed by atoms with E-state index in [1.165, 1.54) is 0 Å². The summed E-state index contributed by atoms with van der Waals surface area (Å²) in [5.41, 5.74) is 1.14. The number of likely N-dealkylation sites (tertiary alicyclic amines) is 1. The summed E-state index contributed by atoms with van der Waals surface area (Å²) < 4.78 is 5.63. The van der Waals surface area contributed by atoms with Gasteiger partial charge in [0.15, 0.2) is 0 Å². The number of furan rings is 1. The number of amides is 1. The number of carbonyl (C=O) groups excluding carboxylic acids is 1. The van der Waals surface area contributed by atoms with Crippen LogP contribution in [0.3, 0.4) is 0 Å². The number of rotatable bonds is 4. The Morgan fingerprint density at radius 2 is 1.75 bits per heavy atom. The second-order valence-electron chi connectivity index (χ2n) is 6.94. The van der Waals surface area contributed by atoms with E-state index in [1.54, 1.807) is 6.26 Å². The van der Waals surface area contributed by atoms with E-state index in [9.17, 15) is 4.79 Å². The van der Waals surface area contributed by atoms with Gasteiger partial charge in [0, 0.05) is 19.5 Å². The first-order valence-corrected chi connectivity index (χ1v) is 8.82. The quantitative estimate of drug-likeness (QED) is 0.790. The van der Waals surface area contributed by atoms with Crippen molar-refractivity contribution in [2.24, 2.45) is 11.8 Å². The molecule has 0 bridgehead atoms. The Kier molecular flexibility index (Phi) is 4.24. The molecule has 0 radical (unpaired) electrons. The van der Waals surface area contributed by atoms with Crippen molar-refractivity contribution in [3.63, 3.8) is 0 Å². The van der Waals surface area contributed by atoms with Gasteiger partial charge >= 0.3 is 0 Å². The summed E-state index contributed by atoms with van der Waals surface area (Å²) in [5, 5.41) is 0. The van der Waals surface area contributed by atoms with E-state index < -0.39 is 0 Å². The predicted molar refractivity (Wildman–Crippen MR) is 93.5 cm³/mol. The molecule has 2 aromatic rings. The third-order valence-electron chi connectivity index (χ3n) is 5.44. The molecule has 2 aliphatic rings. The van der Waals surface area contributed by atoms with Gasteiger partial charge in [0.25, 0.3) is 0 Å². The van der Waals surface area contributed by atoms with Crippen LogP contribution in [0.15, 0.2) is 65.3 Å². The Morgan fingerprint density at radius 1 is 1.04 bits per heavy atom. The van der Waals surface area contributed by atoms with Crippen LogP contribution >= 0.6 is 0 Å². The second kappa shape index (κ2) is 6.68. The van der Waals surface area contributed by atoms with Crippen LogP contribution in [0, 0.1) is 11.8 Å². The minimum Gasteiger partial charge on any atom is -0.469 e. The van der Waals surface area contributed by atoms with Crippen LogP contribution in [-0.4, -0.2) is 23.9 Å². The number of hydrogen-bond donors (Lipinski definition) is 0. The van der Waals surface area contributed by atoms with E-state index in [1.807, 2.05) is 30.3 Å². The second-order valence-corrected chi connectivity index (χ2v) is 6.94. The SMILES string of the molecule is O=C(C[C@@H](c1ccccc1)c1ccco1)N1C[C@H]2CC=CC[C@H]2C1. The lowest BCUT2D eigenvalue weighted by Crippen LogP contribution is -2.30. The van der Waals surface area contributed by atoms with Gasteiger partial charge in [-0.2, -0.15) is 0 Å². The van der Waals surface area contributed by atoms with Crippen molar-refractivity contribution in [2.45, 2.75) is 25.2 Å². The molecule has 0 unspecified atom stereocenters. The van der Waals surface area contributed by atoms with Crippen LogP contribution in [0.2, 0.25) is 0 Å². The normalized spacial score (nSPS) is 23.9. The standard InChI is InChI=1S/C21H23NO2/c23-21(22-14-17-9-4-5-10-18(17)15-22)13-19(20-11-6-12-24-20)16-7-2-1-3-8-16/h1-8,11-12,17-19H,9-10,13-15H2/t17-,18+,19-/m0/s1. The Bertz CT molecular complexity index is 689. The molecule has 3 atom stereocenters. The van der Waals surface area contributed by atoms with E-state index in [0.717, 1.165) is 37.3 Å². The number of benzene rings is 1. The molecule has 24 heavy (non-hydrogen) atoms. The van der Waals surface area contributed by atoms with Gasteiger partial charge in [0.1, 0.15) is 5.76 Å². The first kappa shape index (κ1) is 15.3. The first-order valence-electron chi connectivity index (χ1n) is 8.82. The zero-order valence-corrected chi connectivity index (χ0v) is 13.8. The van der Waals surface area contributed by atoms with Gasteiger partial charge in [0.05, 0.1) is 12.2 Å². The molecule has 3 heteroatoms. The summed E-state index contributed by atoms with van der Waals surface area (Å²) in [4.78, 5) is 15.0. The van der Waals surface area contributed by atoms with Crippen molar-refractivity contribution in [1.29, 1.82) is 0 Å². The highest BCUT2D eigenvalue weighted by molar-refractivity contribution is 5.78. The van der Waals surface area contributed by atoms with Crippen molar-refractivity contribution in [2.75, 3.05) is 13.1 Å². The van der Waals surface area contributed by atoms with Crippen LogP contribution < -0.4 is 0 Å². The molecule has 0 spiro atoms. The number of fused-ring (bicyclic) bond motifs is 1. The van der Waals surface area contributed by atoms with Crippen LogP contribution in [-0.2, 0) is 4.79 Å². The van der Waals surface area contributed by atoms with Gasteiger partial charge in [-0.05, 0) is 42.4 Å². The molecule has 3 nitrogen and oxygen atoms in total. The predicted octanol–water partition coefficient (Wildman–Crippen LogP) is 4.23. The number of hydrogen-bond acceptors (Lipinski definition) is 2. The van der Waals surface area contributed by atoms with E-state index in [-0.39, 0.29) is 11.8 Å². The lowest BCUT2D eigenvalue weighted by molar-refractivity contribution is -0.130. The number of nitrogens with zero attached hydrogens (tertiary/aromatic N) is 1. The fourth-order valence-electron chi connectivity index (χ4n) is 4.08. The third-order valence-corrected chi connectivity index (χ3v) is 5.44. The molecule has 0 N–H and O–H groups in total. The van der Waals surface area contributed by atoms with Gasteiger partial charge in [-0.15, -0.1) is 0 Å². The average molecular weight is 321 g/mol. The van der Waals surface area contributed by atoms with Gasteiger partial charge in [-0.1, -0.05) is 42.5 Å². The minimum absolute atomic E-state index is 0.00514. The topological polar surface area (TPSA) is 33.5 Å². The summed E-state index contributed by atoms with van der Waals surface area (Å²) >= 11 is 0. The molecule has 0 saturated carbocycles. The largest absolute Gasteiger partial charge is 0.469 e. The van der Waals surface area contributed by atoms with Gasteiger partial charge in [-0.3, -0.25) is 4.79 Å². The zero-order chi connectivity index (χ0) is 16.4. The fraction of sp³-hybridized carbons (Fsp3) is 0.381. The molecule has 1 amide bonds. The summed E-state index contributed by atoms with van der Waals surface area (Å²) in [5.74, 6) is 2.41. The van der Waals surface area contributed by atoms with Gasteiger partial charge in [-0.25, -0.2) is 0 Å². The molecule has 4 rings (SSSR count). The maximum atomic E-state index is 12.9. The Hall–Kier alpha value is -2.29. The molecule has 1 saturated heterocycles. The Balaban J connectivity index is 1.50. The molecule has 1 aromatic carbocycles. The molecule has 1 aliphatic carbocycles. The van der Waals surface area contributed by atoms with E-state index >= 15 is 0 Å². The zero-order valence-electron chi connectivity index (χ0n) is 13.8. The number of carbonyl (C=O) groups is 1. The lowest BCUT2D eigenvalue weighted by atomic mass is 9.86. The fourth-order valence-corrected chi connectivity index (χ4v) is 4.08. The molecular formula is C21H23NO2. The van der Waals surface area contributed by atoms with Crippen LogP contribution in [0.25, 0.3) is 0 Å². The summed E-state index contributed by atoms with van der Waals surface area (Å²) in [6.07, 6.45) is 8.94. The molecule has 124 valence electrons. The van der Waals surface area contributed by atoms with E-state index in [0.29, 0.717) is 18.3 Å². The van der Waals surface area contributed by atoms with Crippen molar-refractivity contribution < 1.29 is 9.21 Å². The lowest BCUT2D eigenvalue weighted by Gasteiger charge is -2.20. The highest BCUT2D eigenvalue weighted by Crippen LogP contribution is 2.35. The molecule has 2 heterocycles. The van der Waals surface area contributed by atoms with Gasteiger partial charge < -0.3 is 9.32 Å². The van der Waals surface area contributed by atoms with Crippen molar-refractivity contribution >= 4 is 5.91 Å². The average Bonchev–Trinajstić information content (AvgIpc) is 3.29. The van der Waals surface area contributed by atoms with E-state index in [2.05, 4.69) is 29.2 Å². The molecule has 1 fully saturated rings. The molecule has 1 aromatic heterocycles. The maximum absolute atomic E-state index is 12.9. The summed E-state index contributed by atoms with van der Waals surface area (Å²) in [6, 6.07) is 14.1. The Morgan fingerprint density at radius 3 is 2.38 bits per heavy atom. The molecule has 1 aliphatic heterocycles. The highest BCUT2D eigenvalue weighted by Gasteiger charge is 2.36. The number of allylic oxidation sites excluding steroid dienone is 2. The Labute approximate surface area is 143 Å². The highest BCUT2D eigenvalue weighted by atomic mass is 16.3. The smallest absolute Gasteiger partial charge is 0.223 e. The molecular weight excluding hydrogens is 298 g/mol. The van der Waals surface area contributed by atoms with E-state index in [4.69, 9.17) is 4.42 Å². The van der Waals surface area contributed by atoms with Crippen LogP contribution in [0.1, 0.15) is 36.5 Å². The maximum Gasteiger partial charge on any atom is 0.223 e. The van der Waals surface area contributed by atoms with Gasteiger partial charge in [0.2, 0.25) is 5.91 Å². The van der Waals surface area contributed by atoms with Crippen molar-refractivity contribution in [3.8, 4) is 0 Å². The summed E-state index contributed by atoms with van der Waals surface area (Å²) in [7, 11) is 0. The third kappa shape index (κ3) is 3.03. The van der Waals surface area contributed by atoms with Crippen LogP contribution in [0.4, 0.5) is 0 Å². The summed E-state index contributed by atoms with van der Waals surface area (Å²) in [6.45, 7) is 1.82. The minimum atomic E-state index is -0.00514. The van der Waals surface area contributed by atoms with Crippen LogP contribution in [0.5, 0.6) is 0 Å². The monoisotopic (exact) mass is 321 g/mol. The van der Waals surface area contributed by atoms with Crippen molar-refractivity contribution in [1.82, 2.24) is 4.90 Å².